The van der Waals surface area contributed by atoms with Crippen molar-refractivity contribution in [3.63, 3.8) is 0 Å². The Bertz CT molecular complexity index is 607. The van der Waals surface area contributed by atoms with E-state index in [1.54, 1.807) is 11.3 Å². The molecule has 0 aliphatic carbocycles. The van der Waals surface area contributed by atoms with Gasteiger partial charge < -0.3 is 10.4 Å². The maximum absolute atomic E-state index is 11.8. The van der Waals surface area contributed by atoms with Crippen molar-refractivity contribution < 1.29 is 9.90 Å². The molecule has 1 aromatic heterocycles. The van der Waals surface area contributed by atoms with Gasteiger partial charge >= 0.3 is 0 Å². The quantitative estimate of drug-likeness (QED) is 0.825. The second-order valence-electron chi connectivity index (χ2n) is 5.33. The van der Waals surface area contributed by atoms with E-state index in [0.29, 0.717) is 25.8 Å². The van der Waals surface area contributed by atoms with Crippen molar-refractivity contribution in [2.24, 2.45) is 0 Å². The van der Waals surface area contributed by atoms with E-state index in [1.807, 2.05) is 43.5 Å². The fraction of sp³-hybridized carbons (Fsp3) is 0.412. The Morgan fingerprint density at radius 2 is 2.09 bits per heavy atom. The van der Waals surface area contributed by atoms with Crippen LogP contribution < -0.4 is 5.32 Å². The summed E-state index contributed by atoms with van der Waals surface area (Å²) in [7, 11) is 0. The number of rotatable bonds is 7. The molecule has 0 bridgehead atoms. The molecule has 0 radical (unpaired) electrons. The van der Waals surface area contributed by atoms with E-state index in [-0.39, 0.29) is 12.0 Å². The van der Waals surface area contributed by atoms with Crippen LogP contribution in [0, 0.1) is 6.92 Å². The van der Waals surface area contributed by atoms with Crippen molar-refractivity contribution in [1.82, 2.24) is 10.3 Å². The van der Waals surface area contributed by atoms with Crippen LogP contribution in [0.1, 0.15) is 30.3 Å². The predicted octanol–water partition coefficient (Wildman–Crippen LogP) is 2.94. The molecule has 118 valence electrons. The minimum atomic E-state index is -0.332. The standard InChI is InChI=1S/C17H22N2O2S/c1-3-15(20)8-9-18-17(21)10-13-4-6-14(7-5-13)16-11-22-12(2)19-16/h4-7,11,15,20H,3,8-10H2,1-2H3,(H,18,21). The van der Waals surface area contributed by atoms with Crippen LogP contribution in [0.2, 0.25) is 0 Å². The molecule has 5 heteroatoms. The van der Waals surface area contributed by atoms with Crippen LogP contribution in [0.25, 0.3) is 11.3 Å². The summed E-state index contributed by atoms with van der Waals surface area (Å²) in [4.78, 5) is 16.3. The number of aliphatic hydroxyl groups is 1. The zero-order valence-electron chi connectivity index (χ0n) is 13.0. The smallest absolute Gasteiger partial charge is 0.224 e. The van der Waals surface area contributed by atoms with Gasteiger partial charge in [-0.2, -0.15) is 0 Å². The van der Waals surface area contributed by atoms with Crippen LogP contribution in [0.4, 0.5) is 0 Å². The van der Waals surface area contributed by atoms with Gasteiger partial charge in [0.25, 0.3) is 0 Å². The summed E-state index contributed by atoms with van der Waals surface area (Å²) in [5.41, 5.74) is 3.02. The lowest BCUT2D eigenvalue weighted by molar-refractivity contribution is -0.120. The van der Waals surface area contributed by atoms with Gasteiger partial charge in [0.05, 0.1) is 23.2 Å². The van der Waals surface area contributed by atoms with Gasteiger partial charge in [-0.3, -0.25) is 4.79 Å². The van der Waals surface area contributed by atoms with Crippen LogP contribution >= 0.6 is 11.3 Å². The normalized spacial score (nSPS) is 12.1. The highest BCUT2D eigenvalue weighted by Crippen LogP contribution is 2.21. The number of hydrogen-bond donors (Lipinski definition) is 2. The van der Waals surface area contributed by atoms with Crippen LogP contribution in [-0.2, 0) is 11.2 Å². The number of aromatic nitrogens is 1. The molecule has 1 unspecified atom stereocenters. The molecule has 1 aromatic carbocycles. The minimum Gasteiger partial charge on any atom is -0.393 e. The number of amides is 1. The van der Waals surface area contributed by atoms with E-state index in [0.717, 1.165) is 21.8 Å². The molecule has 0 fully saturated rings. The van der Waals surface area contributed by atoms with Crippen molar-refractivity contribution in [3.8, 4) is 11.3 Å². The second-order valence-corrected chi connectivity index (χ2v) is 6.39. The van der Waals surface area contributed by atoms with Gasteiger partial charge in [-0.1, -0.05) is 31.2 Å². The van der Waals surface area contributed by atoms with Crippen molar-refractivity contribution in [2.45, 2.75) is 39.2 Å². The maximum atomic E-state index is 11.8. The molecule has 2 rings (SSSR count). The fourth-order valence-corrected chi connectivity index (χ4v) is 2.74. The highest BCUT2D eigenvalue weighted by atomic mass is 32.1. The third-order valence-electron chi connectivity index (χ3n) is 3.50. The van der Waals surface area contributed by atoms with Gasteiger partial charge in [0.15, 0.2) is 0 Å². The summed E-state index contributed by atoms with van der Waals surface area (Å²) >= 11 is 1.63. The number of benzene rings is 1. The molecular formula is C17H22N2O2S. The van der Waals surface area contributed by atoms with Crippen LogP contribution in [0.5, 0.6) is 0 Å². The van der Waals surface area contributed by atoms with Crippen LogP contribution in [0.15, 0.2) is 29.6 Å². The molecule has 0 aliphatic heterocycles. The number of aliphatic hydroxyl groups excluding tert-OH is 1. The Morgan fingerprint density at radius 3 is 2.68 bits per heavy atom. The van der Waals surface area contributed by atoms with E-state index in [4.69, 9.17) is 0 Å². The van der Waals surface area contributed by atoms with Gasteiger partial charge in [0.1, 0.15) is 0 Å². The number of nitrogens with one attached hydrogen (secondary N) is 1. The first-order chi connectivity index (χ1) is 10.6. The highest BCUT2D eigenvalue weighted by Gasteiger charge is 2.06. The topological polar surface area (TPSA) is 62.2 Å². The highest BCUT2D eigenvalue weighted by molar-refractivity contribution is 7.09. The summed E-state index contributed by atoms with van der Waals surface area (Å²) < 4.78 is 0. The first-order valence-corrected chi connectivity index (χ1v) is 8.42. The third-order valence-corrected chi connectivity index (χ3v) is 4.28. The molecule has 22 heavy (non-hydrogen) atoms. The molecular weight excluding hydrogens is 296 g/mol. The molecule has 2 N–H and O–H groups in total. The lowest BCUT2D eigenvalue weighted by atomic mass is 10.1. The molecule has 0 saturated carbocycles. The number of carbonyl (C=O) groups excluding carboxylic acids is 1. The third kappa shape index (κ3) is 4.93. The number of aryl methyl sites for hydroxylation is 1. The molecule has 1 amide bonds. The Kier molecular flexibility index (Phi) is 6.10. The molecule has 0 aliphatic rings. The Hall–Kier alpha value is -1.72. The number of nitrogens with zero attached hydrogens (tertiary/aromatic N) is 1. The Morgan fingerprint density at radius 1 is 1.36 bits per heavy atom. The average Bonchev–Trinajstić information content (AvgIpc) is 2.94. The average molecular weight is 318 g/mol. The van der Waals surface area contributed by atoms with E-state index in [1.165, 1.54) is 0 Å². The Labute approximate surface area is 135 Å². The van der Waals surface area contributed by atoms with Crippen molar-refractivity contribution in [3.05, 3.63) is 40.2 Å². The Balaban J connectivity index is 1.84. The van der Waals surface area contributed by atoms with Crippen LogP contribution in [-0.4, -0.2) is 28.6 Å². The second kappa shape index (κ2) is 8.06. The first-order valence-electron chi connectivity index (χ1n) is 7.54. The molecule has 4 nitrogen and oxygen atoms in total. The summed E-state index contributed by atoms with van der Waals surface area (Å²) in [6.45, 7) is 4.43. The van der Waals surface area contributed by atoms with Gasteiger partial charge in [-0.05, 0) is 25.3 Å². The first kappa shape index (κ1) is 16.6. The lowest BCUT2D eigenvalue weighted by Gasteiger charge is -2.09. The van der Waals surface area contributed by atoms with Gasteiger partial charge in [0, 0.05) is 17.5 Å². The van der Waals surface area contributed by atoms with E-state index < -0.39 is 0 Å². The zero-order valence-corrected chi connectivity index (χ0v) is 13.8. The van der Waals surface area contributed by atoms with E-state index >= 15 is 0 Å². The molecule has 0 spiro atoms. The minimum absolute atomic E-state index is 0.0134. The molecule has 1 atom stereocenters. The largest absolute Gasteiger partial charge is 0.393 e. The molecule has 0 saturated heterocycles. The van der Waals surface area contributed by atoms with Crippen LogP contribution in [0.3, 0.4) is 0 Å². The number of carbonyl (C=O) groups is 1. The van der Waals surface area contributed by atoms with Crippen molar-refractivity contribution in [1.29, 1.82) is 0 Å². The number of hydrogen-bond acceptors (Lipinski definition) is 4. The number of thiazole rings is 1. The van der Waals surface area contributed by atoms with Crippen molar-refractivity contribution >= 4 is 17.2 Å². The summed E-state index contributed by atoms with van der Waals surface area (Å²) in [5.74, 6) is -0.0134. The van der Waals surface area contributed by atoms with Gasteiger partial charge in [-0.15, -0.1) is 11.3 Å². The predicted molar refractivity (Wildman–Crippen MR) is 89.9 cm³/mol. The summed E-state index contributed by atoms with van der Waals surface area (Å²) in [6, 6.07) is 7.92. The zero-order chi connectivity index (χ0) is 15.9. The fourth-order valence-electron chi connectivity index (χ4n) is 2.12. The van der Waals surface area contributed by atoms with Crippen molar-refractivity contribution in [2.75, 3.05) is 6.54 Å². The van der Waals surface area contributed by atoms with E-state index in [9.17, 15) is 9.90 Å². The SMILES string of the molecule is CCC(O)CCNC(=O)Cc1ccc(-c2csc(C)n2)cc1. The maximum Gasteiger partial charge on any atom is 0.224 e. The molecule has 2 aromatic rings. The monoisotopic (exact) mass is 318 g/mol. The lowest BCUT2D eigenvalue weighted by Crippen LogP contribution is -2.28. The van der Waals surface area contributed by atoms with Gasteiger partial charge in [-0.25, -0.2) is 4.98 Å². The van der Waals surface area contributed by atoms with E-state index in [2.05, 4.69) is 10.3 Å². The summed E-state index contributed by atoms with van der Waals surface area (Å²) in [5, 5.41) is 15.4. The molecule has 1 heterocycles. The summed E-state index contributed by atoms with van der Waals surface area (Å²) in [6.07, 6.45) is 1.34. The van der Waals surface area contributed by atoms with Gasteiger partial charge in [0.2, 0.25) is 5.91 Å².